The lowest BCUT2D eigenvalue weighted by molar-refractivity contribution is 0.600. The molecule has 5 nitrogen and oxygen atoms in total. The number of hydrogen-bond donors (Lipinski definition) is 2. The summed E-state index contributed by atoms with van der Waals surface area (Å²) in [5, 5.41) is 8.81. The lowest BCUT2D eigenvalue weighted by atomic mass is 10.2. The second-order valence-corrected chi connectivity index (χ2v) is 5.92. The Morgan fingerprint density at radius 2 is 1.90 bits per heavy atom. The first-order valence-corrected chi connectivity index (χ1v) is 7.30. The molecule has 2 aromatic carbocycles. The third kappa shape index (κ3) is 2.73. The van der Waals surface area contributed by atoms with E-state index < -0.39 is 10.0 Å². The van der Waals surface area contributed by atoms with E-state index in [-0.39, 0.29) is 4.90 Å². The van der Waals surface area contributed by atoms with E-state index in [2.05, 4.69) is 4.72 Å². The van der Waals surface area contributed by atoms with Crippen LogP contribution < -0.4 is 10.5 Å². The summed E-state index contributed by atoms with van der Waals surface area (Å²) >= 11 is 0. The quantitative estimate of drug-likeness (QED) is 0.846. The number of anilines is 2. The van der Waals surface area contributed by atoms with Gasteiger partial charge in [0.1, 0.15) is 0 Å². The van der Waals surface area contributed by atoms with Crippen molar-refractivity contribution in [3.8, 4) is 6.07 Å². The maximum atomic E-state index is 12.3. The zero-order chi connectivity index (χ0) is 14.8. The van der Waals surface area contributed by atoms with Crippen LogP contribution in [0.5, 0.6) is 0 Å². The average molecular weight is 287 g/mol. The SMILES string of the molecule is Cc1c(N)cccc1S(=O)(=O)Nc1cccc(C#N)c1. The zero-order valence-electron chi connectivity index (χ0n) is 10.8. The number of sulfonamides is 1. The van der Waals surface area contributed by atoms with Crippen molar-refractivity contribution in [2.75, 3.05) is 10.5 Å². The van der Waals surface area contributed by atoms with E-state index in [0.717, 1.165) is 0 Å². The molecule has 0 atom stereocenters. The summed E-state index contributed by atoms with van der Waals surface area (Å²) in [7, 11) is -3.73. The molecule has 0 unspecified atom stereocenters. The molecule has 0 radical (unpaired) electrons. The minimum atomic E-state index is -3.73. The van der Waals surface area contributed by atoms with Gasteiger partial charge in [0.15, 0.2) is 0 Å². The van der Waals surface area contributed by atoms with E-state index in [1.54, 1.807) is 37.3 Å². The minimum absolute atomic E-state index is 0.125. The Labute approximate surface area is 117 Å². The number of nitrogens with two attached hydrogens (primary N) is 1. The fourth-order valence-electron chi connectivity index (χ4n) is 1.78. The maximum absolute atomic E-state index is 12.3. The van der Waals surface area contributed by atoms with Crippen LogP contribution in [0.25, 0.3) is 0 Å². The largest absolute Gasteiger partial charge is 0.398 e. The van der Waals surface area contributed by atoms with Gasteiger partial charge in [0.2, 0.25) is 0 Å². The Hall–Kier alpha value is -2.52. The summed E-state index contributed by atoms with van der Waals surface area (Å²) in [6.07, 6.45) is 0. The minimum Gasteiger partial charge on any atom is -0.398 e. The third-order valence-electron chi connectivity index (χ3n) is 2.86. The molecule has 0 spiro atoms. The van der Waals surface area contributed by atoms with Gasteiger partial charge in [-0.25, -0.2) is 8.42 Å². The monoisotopic (exact) mass is 287 g/mol. The van der Waals surface area contributed by atoms with Crippen molar-refractivity contribution in [2.24, 2.45) is 0 Å². The lowest BCUT2D eigenvalue weighted by Gasteiger charge is -2.11. The molecule has 3 N–H and O–H groups in total. The van der Waals surface area contributed by atoms with Crippen LogP contribution >= 0.6 is 0 Å². The molecule has 0 aliphatic heterocycles. The third-order valence-corrected chi connectivity index (χ3v) is 4.39. The second-order valence-electron chi connectivity index (χ2n) is 4.27. The lowest BCUT2D eigenvalue weighted by Crippen LogP contribution is -2.15. The molecule has 0 aromatic heterocycles. The van der Waals surface area contributed by atoms with Gasteiger partial charge < -0.3 is 5.73 Å². The molecule has 0 heterocycles. The van der Waals surface area contributed by atoms with Gasteiger partial charge in [-0.05, 0) is 42.8 Å². The predicted molar refractivity (Wildman–Crippen MR) is 77.6 cm³/mol. The molecule has 0 amide bonds. The highest BCUT2D eigenvalue weighted by molar-refractivity contribution is 7.92. The van der Waals surface area contributed by atoms with Crippen molar-refractivity contribution in [1.29, 1.82) is 5.26 Å². The summed E-state index contributed by atoms with van der Waals surface area (Å²) in [5.74, 6) is 0. The first kappa shape index (κ1) is 13.9. The van der Waals surface area contributed by atoms with Crippen LogP contribution in [0.15, 0.2) is 47.4 Å². The predicted octanol–water partition coefficient (Wildman–Crippen LogP) is 2.25. The van der Waals surface area contributed by atoms with Crippen LogP contribution in [0.2, 0.25) is 0 Å². The molecule has 6 heteroatoms. The fourth-order valence-corrected chi connectivity index (χ4v) is 3.11. The number of nitrogens with one attached hydrogen (secondary N) is 1. The Bertz CT molecular complexity index is 792. The summed E-state index contributed by atoms with van der Waals surface area (Å²) < 4.78 is 27.1. The van der Waals surface area contributed by atoms with Crippen LogP contribution in [0.4, 0.5) is 11.4 Å². The number of benzene rings is 2. The van der Waals surface area contributed by atoms with Gasteiger partial charge >= 0.3 is 0 Å². The van der Waals surface area contributed by atoms with Gasteiger partial charge in [-0.2, -0.15) is 5.26 Å². The normalized spacial score (nSPS) is 10.8. The van der Waals surface area contributed by atoms with E-state index in [0.29, 0.717) is 22.5 Å². The number of rotatable bonds is 3. The van der Waals surface area contributed by atoms with Gasteiger partial charge in [-0.1, -0.05) is 12.1 Å². The van der Waals surface area contributed by atoms with Crippen molar-refractivity contribution >= 4 is 21.4 Å². The fraction of sp³-hybridized carbons (Fsp3) is 0.0714. The summed E-state index contributed by atoms with van der Waals surface area (Å²) in [4.78, 5) is 0.125. The molecule has 0 aliphatic carbocycles. The highest BCUT2D eigenvalue weighted by Crippen LogP contribution is 2.23. The van der Waals surface area contributed by atoms with Crippen LogP contribution in [0.3, 0.4) is 0 Å². The summed E-state index contributed by atoms with van der Waals surface area (Å²) in [5.41, 5.74) is 7.36. The van der Waals surface area contributed by atoms with Gasteiger partial charge in [0, 0.05) is 5.69 Å². The summed E-state index contributed by atoms with van der Waals surface area (Å²) in [6.45, 7) is 1.65. The molecular weight excluding hydrogens is 274 g/mol. The number of nitrogen functional groups attached to an aromatic ring is 1. The zero-order valence-corrected chi connectivity index (χ0v) is 11.6. The standard InChI is InChI=1S/C14H13N3O2S/c1-10-13(16)6-3-7-14(10)20(18,19)17-12-5-2-4-11(8-12)9-15/h2-8,17H,16H2,1H3. The van der Waals surface area contributed by atoms with Crippen molar-refractivity contribution in [2.45, 2.75) is 11.8 Å². The Kier molecular flexibility index (Phi) is 3.63. The highest BCUT2D eigenvalue weighted by Gasteiger charge is 2.18. The first-order chi connectivity index (χ1) is 9.44. The molecule has 0 saturated heterocycles. The van der Waals surface area contributed by atoms with E-state index in [4.69, 9.17) is 11.0 Å². The Morgan fingerprint density at radius 3 is 2.60 bits per heavy atom. The van der Waals surface area contributed by atoms with Crippen molar-refractivity contribution in [1.82, 2.24) is 0 Å². The highest BCUT2D eigenvalue weighted by atomic mass is 32.2. The topological polar surface area (TPSA) is 96.0 Å². The Balaban J connectivity index is 2.41. The van der Waals surface area contributed by atoms with E-state index >= 15 is 0 Å². The molecule has 102 valence electrons. The number of nitriles is 1. The first-order valence-electron chi connectivity index (χ1n) is 5.82. The number of hydrogen-bond acceptors (Lipinski definition) is 4. The molecule has 0 aliphatic rings. The Morgan fingerprint density at radius 1 is 1.20 bits per heavy atom. The van der Waals surface area contributed by atoms with Crippen LogP contribution in [0, 0.1) is 18.3 Å². The van der Waals surface area contributed by atoms with E-state index in [1.807, 2.05) is 6.07 Å². The molecule has 0 saturated carbocycles. The average Bonchev–Trinajstić information content (AvgIpc) is 2.41. The van der Waals surface area contributed by atoms with Crippen LogP contribution in [-0.2, 0) is 10.0 Å². The van der Waals surface area contributed by atoms with Crippen molar-refractivity contribution in [3.63, 3.8) is 0 Å². The van der Waals surface area contributed by atoms with Gasteiger partial charge in [-0.3, -0.25) is 4.72 Å². The molecule has 0 bridgehead atoms. The molecule has 2 aromatic rings. The van der Waals surface area contributed by atoms with E-state index in [9.17, 15) is 8.42 Å². The van der Waals surface area contributed by atoms with Crippen molar-refractivity contribution in [3.05, 3.63) is 53.6 Å². The molecule has 0 fully saturated rings. The van der Waals surface area contributed by atoms with Crippen LogP contribution in [-0.4, -0.2) is 8.42 Å². The second kappa shape index (κ2) is 5.23. The van der Waals surface area contributed by atoms with Crippen LogP contribution in [0.1, 0.15) is 11.1 Å². The molecule has 2 rings (SSSR count). The smallest absolute Gasteiger partial charge is 0.262 e. The number of nitrogens with zero attached hydrogens (tertiary/aromatic N) is 1. The summed E-state index contributed by atoms with van der Waals surface area (Å²) in [6, 6.07) is 12.9. The van der Waals surface area contributed by atoms with E-state index in [1.165, 1.54) is 12.1 Å². The van der Waals surface area contributed by atoms with Crippen molar-refractivity contribution < 1.29 is 8.42 Å². The van der Waals surface area contributed by atoms with Gasteiger partial charge in [0.25, 0.3) is 10.0 Å². The molecular formula is C14H13N3O2S. The van der Waals surface area contributed by atoms with Gasteiger partial charge in [-0.15, -0.1) is 0 Å². The van der Waals surface area contributed by atoms with Gasteiger partial charge in [0.05, 0.1) is 22.2 Å². The maximum Gasteiger partial charge on any atom is 0.262 e. The molecule has 20 heavy (non-hydrogen) atoms.